The fourth-order valence-corrected chi connectivity index (χ4v) is 6.02. The molecule has 35 heavy (non-hydrogen) atoms. The van der Waals surface area contributed by atoms with Crippen molar-refractivity contribution in [3.63, 3.8) is 0 Å². The zero-order valence-corrected chi connectivity index (χ0v) is 22.2. The Morgan fingerprint density at radius 2 is 1.91 bits per heavy atom. The van der Waals surface area contributed by atoms with Crippen molar-refractivity contribution in [3.05, 3.63) is 66.8 Å². The Morgan fingerprint density at radius 3 is 2.57 bits per heavy atom. The predicted molar refractivity (Wildman–Crippen MR) is 147 cm³/mol. The van der Waals surface area contributed by atoms with Crippen LogP contribution in [-0.4, -0.2) is 32.8 Å². The number of benzene rings is 1. The molecule has 1 amide bonds. The van der Waals surface area contributed by atoms with E-state index >= 15 is 0 Å². The average molecular weight is 527 g/mol. The summed E-state index contributed by atoms with van der Waals surface area (Å²) in [6.07, 6.45) is 5.81. The minimum absolute atomic E-state index is 0.122. The molecule has 0 atom stereocenters. The van der Waals surface area contributed by atoms with E-state index in [1.807, 2.05) is 31.2 Å². The van der Waals surface area contributed by atoms with Gasteiger partial charge in [0.25, 0.3) is 11.5 Å². The average Bonchev–Trinajstić information content (AvgIpc) is 3.12. The van der Waals surface area contributed by atoms with Crippen molar-refractivity contribution in [3.8, 4) is 6.07 Å². The highest BCUT2D eigenvalue weighted by atomic mass is 35.5. The fraction of sp³-hybridized carbons (Fsp3) is 0.385. The third-order valence-electron chi connectivity index (χ3n) is 6.38. The minimum Gasteiger partial charge on any atom is -0.357 e. The number of pyridine rings is 1. The number of hydrogen-bond acceptors (Lipinski definition) is 6. The van der Waals surface area contributed by atoms with E-state index in [-0.39, 0.29) is 17.0 Å². The van der Waals surface area contributed by atoms with E-state index in [4.69, 9.17) is 23.8 Å². The van der Waals surface area contributed by atoms with Gasteiger partial charge < -0.3 is 4.90 Å². The van der Waals surface area contributed by atoms with Gasteiger partial charge in [0.2, 0.25) is 0 Å². The van der Waals surface area contributed by atoms with Crippen LogP contribution in [0.2, 0.25) is 5.02 Å². The van der Waals surface area contributed by atoms with Crippen molar-refractivity contribution in [2.24, 2.45) is 0 Å². The molecule has 4 rings (SSSR count). The molecular formula is C26H27ClN4O2S2. The molecule has 0 unspecified atom stereocenters. The lowest BCUT2D eigenvalue weighted by molar-refractivity contribution is -0.122. The molecule has 9 heteroatoms. The Morgan fingerprint density at radius 1 is 1.20 bits per heavy atom. The molecule has 2 aliphatic heterocycles. The summed E-state index contributed by atoms with van der Waals surface area (Å²) < 4.78 is 2.17. The molecule has 2 saturated heterocycles. The van der Waals surface area contributed by atoms with Crippen molar-refractivity contribution in [1.82, 2.24) is 9.47 Å². The van der Waals surface area contributed by atoms with Gasteiger partial charge >= 0.3 is 0 Å². The van der Waals surface area contributed by atoms with Gasteiger partial charge in [-0.3, -0.25) is 19.1 Å². The number of thioether (sulfide) groups is 1. The van der Waals surface area contributed by atoms with Gasteiger partial charge in [-0.25, -0.2) is 0 Å². The number of anilines is 1. The molecule has 2 aliphatic rings. The quantitative estimate of drug-likeness (QED) is 0.366. The van der Waals surface area contributed by atoms with E-state index in [9.17, 15) is 14.9 Å². The van der Waals surface area contributed by atoms with Crippen molar-refractivity contribution in [1.29, 1.82) is 5.26 Å². The van der Waals surface area contributed by atoms with Crippen molar-refractivity contribution >= 4 is 57.7 Å². The first-order valence-corrected chi connectivity index (χ1v) is 13.4. The zero-order chi connectivity index (χ0) is 25.1. The van der Waals surface area contributed by atoms with Gasteiger partial charge in [0, 0.05) is 30.2 Å². The van der Waals surface area contributed by atoms with Gasteiger partial charge in [-0.1, -0.05) is 60.7 Å². The number of carbonyl (C=O) groups is 1. The zero-order valence-electron chi connectivity index (χ0n) is 19.8. The van der Waals surface area contributed by atoms with Gasteiger partial charge in [-0.2, -0.15) is 5.26 Å². The summed E-state index contributed by atoms with van der Waals surface area (Å²) in [5.41, 5.74) is 2.02. The topological polar surface area (TPSA) is 69.3 Å². The molecule has 0 N–H and O–H groups in total. The normalized spacial score (nSPS) is 17.4. The van der Waals surface area contributed by atoms with Crippen LogP contribution in [0.15, 0.2) is 34.0 Å². The first-order chi connectivity index (χ1) is 16.9. The summed E-state index contributed by atoms with van der Waals surface area (Å²) in [5, 5.41) is 10.4. The largest absolute Gasteiger partial charge is 0.357 e. The molecule has 1 aromatic carbocycles. The number of rotatable bonds is 6. The monoisotopic (exact) mass is 526 g/mol. The Bertz CT molecular complexity index is 1310. The Hall–Kier alpha value is -2.60. The van der Waals surface area contributed by atoms with E-state index in [2.05, 4.69) is 11.0 Å². The summed E-state index contributed by atoms with van der Waals surface area (Å²) in [4.78, 5) is 30.9. The lowest BCUT2D eigenvalue weighted by atomic mass is 10.0. The van der Waals surface area contributed by atoms with Crippen LogP contribution in [0.3, 0.4) is 0 Å². The number of hydrogen-bond donors (Lipinski definition) is 0. The molecule has 182 valence electrons. The van der Waals surface area contributed by atoms with Gasteiger partial charge in [0.05, 0.1) is 11.4 Å². The van der Waals surface area contributed by atoms with Gasteiger partial charge in [-0.15, -0.1) is 0 Å². The van der Waals surface area contributed by atoms with E-state index in [0.717, 1.165) is 55.7 Å². The number of nitriles is 1. The summed E-state index contributed by atoms with van der Waals surface area (Å²) >= 11 is 13.1. The van der Waals surface area contributed by atoms with Crippen LogP contribution >= 0.6 is 35.6 Å². The molecule has 0 aliphatic carbocycles. The lowest BCUT2D eigenvalue weighted by Crippen LogP contribution is -2.37. The second kappa shape index (κ2) is 11.0. The fourth-order valence-electron chi connectivity index (χ4n) is 4.59. The minimum atomic E-state index is -0.268. The first-order valence-electron chi connectivity index (χ1n) is 11.8. The molecule has 0 radical (unpaired) electrons. The molecule has 3 heterocycles. The number of halogens is 1. The van der Waals surface area contributed by atoms with Gasteiger partial charge in [0.15, 0.2) is 0 Å². The van der Waals surface area contributed by atoms with E-state index < -0.39 is 0 Å². The van der Waals surface area contributed by atoms with Crippen LogP contribution in [0.4, 0.5) is 5.82 Å². The SMILES string of the molecule is CCCn1c(N2CCCCC2)c(C=C2SC(=S)N(Cc3ccccc3Cl)C2=O)c(C)c(C#N)c1=O. The standard InChI is InChI=1S/C26H27ClN4O2S2/c1-3-11-30-23(29-12-7-4-8-13-29)19(17(2)20(15-28)24(30)32)14-22-25(33)31(26(34)35-22)16-18-9-5-6-10-21(18)27/h5-6,9-10,14H,3-4,7-8,11-13,16H2,1-2H3. The van der Waals surface area contributed by atoms with Crippen LogP contribution in [-0.2, 0) is 17.9 Å². The third-order valence-corrected chi connectivity index (χ3v) is 8.13. The number of aromatic nitrogens is 1. The maximum atomic E-state index is 13.4. The van der Waals surface area contributed by atoms with Gasteiger partial charge in [-0.05, 0) is 55.9 Å². The Balaban J connectivity index is 1.82. The lowest BCUT2D eigenvalue weighted by Gasteiger charge is -2.33. The highest BCUT2D eigenvalue weighted by molar-refractivity contribution is 8.26. The smallest absolute Gasteiger partial charge is 0.270 e. The van der Waals surface area contributed by atoms with Crippen LogP contribution < -0.4 is 10.5 Å². The molecule has 2 aromatic rings. The Kier molecular flexibility index (Phi) is 8.00. The number of piperidine rings is 1. The van der Waals surface area contributed by atoms with Crippen LogP contribution in [0.1, 0.15) is 54.9 Å². The molecule has 0 bridgehead atoms. The number of carbonyl (C=O) groups excluding carboxylic acids is 1. The predicted octanol–water partition coefficient (Wildman–Crippen LogP) is 5.48. The molecule has 6 nitrogen and oxygen atoms in total. The molecule has 0 spiro atoms. The first kappa shape index (κ1) is 25.5. The van der Waals surface area contributed by atoms with Crippen molar-refractivity contribution < 1.29 is 4.79 Å². The highest BCUT2D eigenvalue weighted by Gasteiger charge is 2.33. The number of nitrogens with zero attached hydrogens (tertiary/aromatic N) is 4. The second-order valence-corrected chi connectivity index (χ2v) is 10.8. The number of amides is 1. The maximum absolute atomic E-state index is 13.4. The van der Waals surface area contributed by atoms with Gasteiger partial charge in [0.1, 0.15) is 21.8 Å². The van der Waals surface area contributed by atoms with E-state index in [1.165, 1.54) is 11.8 Å². The van der Waals surface area contributed by atoms with E-state index in [0.29, 0.717) is 32.9 Å². The Labute approximate surface area is 220 Å². The summed E-state index contributed by atoms with van der Waals surface area (Å²) in [5.74, 6) is 0.597. The second-order valence-electron chi connectivity index (χ2n) is 8.71. The van der Waals surface area contributed by atoms with Crippen LogP contribution in [0.5, 0.6) is 0 Å². The third kappa shape index (κ3) is 5.04. The van der Waals surface area contributed by atoms with Crippen molar-refractivity contribution in [2.45, 2.75) is 52.6 Å². The summed E-state index contributed by atoms with van der Waals surface area (Å²) in [7, 11) is 0. The molecule has 0 saturated carbocycles. The van der Waals surface area contributed by atoms with E-state index in [1.54, 1.807) is 22.5 Å². The highest BCUT2D eigenvalue weighted by Crippen LogP contribution is 2.37. The van der Waals surface area contributed by atoms with Crippen LogP contribution in [0.25, 0.3) is 6.08 Å². The summed E-state index contributed by atoms with van der Waals surface area (Å²) in [6, 6.07) is 9.49. The molecule has 2 fully saturated rings. The molecular weight excluding hydrogens is 500 g/mol. The molecule has 1 aromatic heterocycles. The maximum Gasteiger partial charge on any atom is 0.270 e. The summed E-state index contributed by atoms with van der Waals surface area (Å²) in [6.45, 7) is 6.27. The van der Waals surface area contributed by atoms with Crippen LogP contribution in [0, 0.1) is 18.3 Å². The number of thiocarbonyl (C=S) groups is 1. The van der Waals surface area contributed by atoms with Crippen molar-refractivity contribution in [2.75, 3.05) is 18.0 Å².